The molecule has 1 rings (SSSR count). The van der Waals surface area contributed by atoms with Crippen LogP contribution in [0.4, 0.5) is 5.82 Å². The van der Waals surface area contributed by atoms with E-state index in [2.05, 4.69) is 5.10 Å². The Morgan fingerprint density at radius 3 is 3.33 bits per heavy atom. The number of aromatic nitrogens is 2. The Kier molecular flexibility index (Phi) is 0.606. The highest BCUT2D eigenvalue weighted by molar-refractivity contribution is 5.15. The molecule has 0 N–H and O–H groups in total. The maximum Gasteiger partial charge on any atom is 0.344 e. The molecule has 0 saturated heterocycles. The summed E-state index contributed by atoms with van der Waals surface area (Å²) in [4.78, 5) is 9.43. The largest absolute Gasteiger partial charge is 0.358 e. The minimum Gasteiger partial charge on any atom is -0.358 e. The van der Waals surface area contributed by atoms with E-state index in [0.717, 1.165) is 12.3 Å². The van der Waals surface area contributed by atoms with Gasteiger partial charge in [0.25, 0.3) is 0 Å². The van der Waals surface area contributed by atoms with E-state index in [1.54, 1.807) is 0 Å². The molecule has 0 aliphatic heterocycles. The van der Waals surface area contributed by atoms with Crippen molar-refractivity contribution in [2.24, 2.45) is 6.98 Å². The molecule has 0 spiro atoms. The lowest BCUT2D eigenvalue weighted by Crippen LogP contribution is -1.97. The lowest BCUT2D eigenvalue weighted by molar-refractivity contribution is -0.392. The van der Waals surface area contributed by atoms with E-state index < -0.39 is 17.7 Å². The molecule has 0 amide bonds. The van der Waals surface area contributed by atoms with E-state index in [1.807, 2.05) is 0 Å². The number of rotatable bonds is 1. The van der Waals surface area contributed by atoms with Crippen LogP contribution in [0.5, 0.6) is 0 Å². The average Bonchev–Trinajstić information content (AvgIpc) is 2.30. The van der Waals surface area contributed by atoms with Gasteiger partial charge in [-0.2, -0.15) is 0 Å². The molecular formula is C4H5N3O2. The van der Waals surface area contributed by atoms with Crippen molar-refractivity contribution in [3.05, 3.63) is 22.4 Å². The zero-order valence-corrected chi connectivity index (χ0v) is 4.31. The second-order valence-corrected chi connectivity index (χ2v) is 1.36. The van der Waals surface area contributed by atoms with Crippen LogP contribution in [0.1, 0.15) is 4.11 Å². The number of aryl methyl sites for hydroxylation is 1. The first-order valence-electron chi connectivity index (χ1n) is 3.62. The van der Waals surface area contributed by atoms with Crippen LogP contribution < -0.4 is 0 Å². The maximum atomic E-state index is 10.2. The van der Waals surface area contributed by atoms with E-state index in [-0.39, 0.29) is 0 Å². The Labute approximate surface area is 55.3 Å². The van der Waals surface area contributed by atoms with Crippen molar-refractivity contribution in [2.45, 2.75) is 0 Å². The zero-order valence-electron chi connectivity index (χ0n) is 7.31. The predicted molar refractivity (Wildman–Crippen MR) is 29.9 cm³/mol. The molecule has 1 aromatic rings. The number of nitro groups is 1. The monoisotopic (exact) mass is 130 g/mol. The molecule has 0 saturated carbocycles. The second kappa shape index (κ2) is 1.85. The molecule has 1 aromatic heterocycles. The smallest absolute Gasteiger partial charge is 0.344 e. The lowest BCUT2D eigenvalue weighted by Gasteiger charge is -1.89. The first-order chi connectivity index (χ1) is 5.43. The molecule has 0 bridgehead atoms. The van der Waals surface area contributed by atoms with Gasteiger partial charge in [0.15, 0.2) is 0 Å². The summed E-state index contributed by atoms with van der Waals surface area (Å²) in [5, 5.41) is 13.5. The summed E-state index contributed by atoms with van der Waals surface area (Å²) in [6.45, 7) is -2.59. The first-order valence-corrected chi connectivity index (χ1v) is 2.12. The van der Waals surface area contributed by atoms with Crippen LogP contribution in [-0.4, -0.2) is 14.7 Å². The van der Waals surface area contributed by atoms with E-state index in [1.165, 1.54) is 0 Å². The minimum absolute atomic E-state index is 0.396. The third kappa shape index (κ3) is 0.883. The van der Waals surface area contributed by atoms with Crippen LogP contribution in [-0.2, 0) is 6.98 Å². The highest BCUT2D eigenvalue weighted by atomic mass is 16.6. The molecule has 5 nitrogen and oxygen atoms in total. The van der Waals surface area contributed by atoms with Crippen LogP contribution >= 0.6 is 0 Å². The molecular weight excluding hydrogens is 122 g/mol. The highest BCUT2D eigenvalue weighted by Crippen LogP contribution is 2.05. The summed E-state index contributed by atoms with van der Waals surface area (Å²) in [5.41, 5.74) is 0. The fraction of sp³-hybridized carbons (Fsp3) is 0.250. The summed E-state index contributed by atoms with van der Waals surface area (Å²) < 4.78 is 21.0. The van der Waals surface area contributed by atoms with Gasteiger partial charge >= 0.3 is 5.82 Å². The summed E-state index contributed by atoms with van der Waals surface area (Å²) in [5.74, 6) is -0.532. The highest BCUT2D eigenvalue weighted by Gasteiger charge is 2.06. The Morgan fingerprint density at radius 1 is 2.11 bits per heavy atom. The van der Waals surface area contributed by atoms with Gasteiger partial charge in [0, 0.05) is 0 Å². The van der Waals surface area contributed by atoms with Crippen molar-refractivity contribution in [3.8, 4) is 0 Å². The molecule has 0 unspecified atom stereocenters. The van der Waals surface area contributed by atoms with Gasteiger partial charge in [-0.1, -0.05) is 5.10 Å². The molecule has 0 aliphatic carbocycles. The van der Waals surface area contributed by atoms with Crippen molar-refractivity contribution < 1.29 is 9.04 Å². The van der Waals surface area contributed by atoms with Crippen LogP contribution in [0.3, 0.4) is 0 Å². The third-order valence-electron chi connectivity index (χ3n) is 0.810. The molecule has 1 heterocycles. The van der Waals surface area contributed by atoms with Gasteiger partial charge in [-0.15, -0.1) is 4.68 Å². The number of hydrogen-bond acceptors (Lipinski definition) is 3. The van der Waals surface area contributed by atoms with Gasteiger partial charge < -0.3 is 10.1 Å². The fourth-order valence-electron chi connectivity index (χ4n) is 0.435. The van der Waals surface area contributed by atoms with Gasteiger partial charge in [-0.3, -0.25) is 0 Å². The van der Waals surface area contributed by atoms with Crippen LogP contribution in [0.2, 0.25) is 0 Å². The molecule has 48 valence electrons. The van der Waals surface area contributed by atoms with Gasteiger partial charge in [0.1, 0.15) is 6.98 Å². The summed E-state index contributed by atoms with van der Waals surface area (Å²) in [6.07, 6.45) is 1.07. The van der Waals surface area contributed by atoms with Gasteiger partial charge in [0.2, 0.25) is 0 Å². The molecule has 5 heteroatoms. The normalized spacial score (nSPS) is 15.8. The quantitative estimate of drug-likeness (QED) is 0.406. The summed E-state index contributed by atoms with van der Waals surface area (Å²) in [6, 6.07) is 1.03. The zero-order chi connectivity index (χ0) is 9.35. The maximum absolute atomic E-state index is 10.2. The van der Waals surface area contributed by atoms with E-state index >= 15 is 0 Å². The standard InChI is InChI=1S/C4H5N3O2/c1-6-4(7(8)9)2-3-5-6/h2-3H,1H3/i1D3. The average molecular weight is 130 g/mol. The first kappa shape index (κ1) is 2.95. The number of hydrogen-bond donors (Lipinski definition) is 0. The Hall–Kier alpha value is -1.39. The molecule has 0 fully saturated rings. The van der Waals surface area contributed by atoms with E-state index in [9.17, 15) is 10.1 Å². The SMILES string of the molecule is [2H]C([2H])([2H])n1nccc1[N+](=O)[O-]. The minimum atomic E-state index is -2.59. The Balaban J connectivity index is 3.17. The van der Waals surface area contributed by atoms with Crippen LogP contribution in [0, 0.1) is 10.1 Å². The topological polar surface area (TPSA) is 61.0 Å². The van der Waals surface area contributed by atoms with Crippen LogP contribution in [0.25, 0.3) is 0 Å². The summed E-state index contributed by atoms with van der Waals surface area (Å²) >= 11 is 0. The van der Waals surface area contributed by atoms with Crippen molar-refractivity contribution in [1.29, 1.82) is 0 Å². The van der Waals surface area contributed by atoms with Crippen molar-refractivity contribution in [3.63, 3.8) is 0 Å². The van der Waals surface area contributed by atoms with Crippen molar-refractivity contribution in [1.82, 2.24) is 9.78 Å². The van der Waals surface area contributed by atoms with E-state index in [4.69, 9.17) is 4.11 Å². The van der Waals surface area contributed by atoms with Crippen LogP contribution in [0.15, 0.2) is 12.3 Å². The molecule has 0 aliphatic rings. The van der Waals surface area contributed by atoms with E-state index in [0.29, 0.717) is 4.68 Å². The van der Waals surface area contributed by atoms with Gasteiger partial charge in [0.05, 0.1) is 16.4 Å². The fourth-order valence-corrected chi connectivity index (χ4v) is 0.435. The molecule has 0 radical (unpaired) electrons. The number of nitrogens with zero attached hydrogens (tertiary/aromatic N) is 3. The molecule has 0 atom stereocenters. The summed E-state index contributed by atoms with van der Waals surface area (Å²) in [7, 11) is 0. The van der Waals surface area contributed by atoms with Gasteiger partial charge in [-0.25, -0.2) is 0 Å². The van der Waals surface area contributed by atoms with Crippen molar-refractivity contribution in [2.75, 3.05) is 0 Å². The Bertz CT molecular complexity index is 305. The van der Waals surface area contributed by atoms with Crippen molar-refractivity contribution >= 4 is 5.82 Å². The van der Waals surface area contributed by atoms with Gasteiger partial charge in [-0.05, 0) is 4.92 Å². The molecule has 9 heavy (non-hydrogen) atoms. The molecule has 0 aromatic carbocycles. The second-order valence-electron chi connectivity index (χ2n) is 1.36. The Morgan fingerprint density at radius 2 is 2.89 bits per heavy atom. The lowest BCUT2D eigenvalue weighted by atomic mass is 10.7. The predicted octanol–water partition coefficient (Wildman–Crippen LogP) is 0.328. The third-order valence-corrected chi connectivity index (χ3v) is 0.810.